The number of benzene rings is 2. The highest BCUT2D eigenvalue weighted by Gasteiger charge is 2.29. The predicted molar refractivity (Wildman–Crippen MR) is 124 cm³/mol. The summed E-state index contributed by atoms with van der Waals surface area (Å²) in [5.41, 5.74) is 2.81. The Bertz CT molecular complexity index is 1110. The van der Waals surface area contributed by atoms with Crippen LogP contribution in [0.3, 0.4) is 0 Å². The van der Waals surface area contributed by atoms with Gasteiger partial charge in [0.05, 0.1) is 41.6 Å². The fraction of sp³-hybridized carbons (Fsp3) is 0.391. The zero-order valence-electron chi connectivity index (χ0n) is 18.2. The Balaban J connectivity index is 1.56. The Morgan fingerprint density at radius 2 is 2.15 bits per heavy atom. The average Bonchev–Trinajstić information content (AvgIpc) is 3.30. The maximum atomic E-state index is 14.2. The summed E-state index contributed by atoms with van der Waals surface area (Å²) in [6, 6.07) is 10.8. The highest BCUT2D eigenvalue weighted by molar-refractivity contribution is 8.25. The molecule has 2 atom stereocenters. The lowest BCUT2D eigenvalue weighted by Gasteiger charge is -2.32. The van der Waals surface area contributed by atoms with E-state index in [0.717, 1.165) is 11.6 Å². The van der Waals surface area contributed by atoms with Crippen molar-refractivity contribution in [3.8, 4) is 6.07 Å². The van der Waals surface area contributed by atoms with Crippen LogP contribution in [-0.4, -0.2) is 62.7 Å². The molecule has 2 aromatic rings. The Kier molecular flexibility index (Phi) is 6.61. The molecule has 1 fully saturated rings. The molecule has 0 aromatic heterocycles. The van der Waals surface area contributed by atoms with Crippen molar-refractivity contribution in [2.75, 3.05) is 31.4 Å². The first-order valence-electron chi connectivity index (χ1n) is 10.7. The van der Waals surface area contributed by atoms with Crippen molar-refractivity contribution in [3.05, 3.63) is 64.5 Å². The average molecular weight is 475 g/mol. The van der Waals surface area contributed by atoms with Gasteiger partial charge in [0, 0.05) is 26.7 Å². The van der Waals surface area contributed by atoms with E-state index in [-0.39, 0.29) is 23.6 Å². The van der Waals surface area contributed by atoms with Crippen molar-refractivity contribution in [1.82, 2.24) is 9.80 Å². The molecule has 0 saturated carbocycles. The van der Waals surface area contributed by atoms with E-state index in [2.05, 4.69) is 4.72 Å². The number of likely N-dealkylation sites (N-methyl/N-ethyl adjacent to an activating group) is 1. The molecule has 10 heteroatoms. The molecule has 4 rings (SSSR count). The lowest BCUT2D eigenvalue weighted by atomic mass is 10.0. The summed E-state index contributed by atoms with van der Waals surface area (Å²) in [6.45, 7) is 1.55. The number of hydrogen-bond donors (Lipinski definition) is 4. The number of nitrogens with zero attached hydrogens (tertiary/aromatic N) is 3. The quantitative estimate of drug-likeness (QED) is 0.508. The van der Waals surface area contributed by atoms with Crippen molar-refractivity contribution in [2.24, 2.45) is 0 Å². The van der Waals surface area contributed by atoms with Crippen molar-refractivity contribution < 1.29 is 23.4 Å². The molecule has 0 bridgehead atoms. The minimum absolute atomic E-state index is 0.0736. The number of anilines is 1. The van der Waals surface area contributed by atoms with Crippen LogP contribution in [0.25, 0.3) is 0 Å². The lowest BCUT2D eigenvalue weighted by molar-refractivity contribution is -0.131. The fourth-order valence-corrected chi connectivity index (χ4v) is 5.70. The van der Waals surface area contributed by atoms with E-state index in [4.69, 9.17) is 0 Å². The SMILES string of the molecule is CN(C(=O)Cc1ccc2c(c1)NS(O)(O)C2)[C@H](CN1CC[C@H](O)C1)c1cc(F)cc(C#N)c1. The van der Waals surface area contributed by atoms with Crippen molar-refractivity contribution in [2.45, 2.75) is 30.7 Å². The number of β-amino-alcohol motifs (C(OH)–C–C–N with tert-alkyl or cyclic N) is 1. The molecule has 176 valence electrons. The Morgan fingerprint density at radius 1 is 1.36 bits per heavy atom. The van der Waals surface area contributed by atoms with Gasteiger partial charge in [0.2, 0.25) is 5.91 Å². The number of fused-ring (bicyclic) bond motifs is 1. The molecule has 2 aliphatic heterocycles. The molecule has 2 aliphatic rings. The Labute approximate surface area is 193 Å². The third-order valence-corrected chi connectivity index (χ3v) is 7.39. The molecule has 0 aliphatic carbocycles. The van der Waals surface area contributed by atoms with Gasteiger partial charge in [-0.15, -0.1) is 10.8 Å². The van der Waals surface area contributed by atoms with E-state index in [0.29, 0.717) is 42.9 Å². The molecule has 33 heavy (non-hydrogen) atoms. The summed E-state index contributed by atoms with van der Waals surface area (Å²) in [7, 11) is -1.23. The van der Waals surface area contributed by atoms with Gasteiger partial charge in [-0.1, -0.05) is 12.1 Å². The van der Waals surface area contributed by atoms with Gasteiger partial charge >= 0.3 is 0 Å². The predicted octanol–water partition coefficient (Wildman–Crippen LogP) is 3.10. The summed E-state index contributed by atoms with van der Waals surface area (Å²) in [5.74, 6) is -0.604. The van der Waals surface area contributed by atoms with E-state index < -0.39 is 28.7 Å². The van der Waals surface area contributed by atoms with Crippen LogP contribution >= 0.6 is 10.8 Å². The number of halogens is 1. The summed E-state index contributed by atoms with van der Waals surface area (Å²) in [6.07, 6.45) is 0.280. The van der Waals surface area contributed by atoms with Crippen LogP contribution in [0.5, 0.6) is 0 Å². The maximum Gasteiger partial charge on any atom is 0.227 e. The summed E-state index contributed by atoms with van der Waals surface area (Å²) >= 11 is 0. The molecule has 2 aromatic carbocycles. The van der Waals surface area contributed by atoms with Crippen molar-refractivity contribution in [3.63, 3.8) is 0 Å². The number of nitriles is 1. The number of carbonyl (C=O) groups excluding carboxylic acids is 1. The first-order valence-corrected chi connectivity index (χ1v) is 12.4. The summed E-state index contributed by atoms with van der Waals surface area (Å²) in [4.78, 5) is 16.8. The molecule has 4 N–H and O–H groups in total. The number of hydrogen-bond acceptors (Lipinski definition) is 7. The number of likely N-dealkylation sites (tertiary alicyclic amines) is 1. The van der Waals surface area contributed by atoms with Crippen LogP contribution < -0.4 is 4.72 Å². The number of nitrogens with one attached hydrogen (secondary N) is 1. The van der Waals surface area contributed by atoms with Gasteiger partial charge in [0.15, 0.2) is 0 Å². The molecular formula is C23H27FN4O4S. The number of aliphatic hydroxyl groups is 1. The van der Waals surface area contributed by atoms with Crippen molar-refractivity contribution in [1.29, 1.82) is 5.26 Å². The third-order valence-electron chi connectivity index (χ3n) is 6.13. The molecule has 2 heterocycles. The van der Waals surface area contributed by atoms with E-state index >= 15 is 0 Å². The van der Waals surface area contributed by atoms with Crippen LogP contribution in [0.15, 0.2) is 36.4 Å². The zero-order chi connectivity index (χ0) is 23.8. The molecule has 0 radical (unpaired) electrons. The third kappa shape index (κ3) is 5.46. The van der Waals surface area contributed by atoms with Gasteiger partial charge in [-0.3, -0.25) is 23.5 Å². The van der Waals surface area contributed by atoms with Crippen LogP contribution in [0, 0.1) is 17.1 Å². The minimum Gasteiger partial charge on any atom is -0.392 e. The normalized spacial score (nSPS) is 21.0. The molecule has 1 amide bonds. The van der Waals surface area contributed by atoms with E-state index in [1.807, 2.05) is 11.0 Å². The van der Waals surface area contributed by atoms with Gasteiger partial charge in [-0.05, 0) is 47.4 Å². The minimum atomic E-state index is -2.88. The molecule has 8 nitrogen and oxygen atoms in total. The van der Waals surface area contributed by atoms with Crippen molar-refractivity contribution >= 4 is 22.4 Å². The van der Waals surface area contributed by atoms with E-state index in [1.54, 1.807) is 36.2 Å². The highest BCUT2D eigenvalue weighted by atomic mass is 32.3. The highest BCUT2D eigenvalue weighted by Crippen LogP contribution is 2.50. The molecular weight excluding hydrogens is 447 g/mol. The second-order valence-electron chi connectivity index (χ2n) is 8.69. The van der Waals surface area contributed by atoms with Crippen LogP contribution in [0.2, 0.25) is 0 Å². The number of rotatable bonds is 6. The molecule has 0 spiro atoms. The van der Waals surface area contributed by atoms with Crippen LogP contribution in [-0.2, 0) is 17.0 Å². The number of aliphatic hydroxyl groups excluding tert-OH is 1. The number of amides is 1. The second kappa shape index (κ2) is 9.29. The lowest BCUT2D eigenvalue weighted by Crippen LogP contribution is -2.39. The fourth-order valence-electron chi connectivity index (χ4n) is 4.40. The van der Waals surface area contributed by atoms with E-state index in [1.165, 1.54) is 6.07 Å². The van der Waals surface area contributed by atoms with Crippen LogP contribution in [0.4, 0.5) is 10.1 Å². The molecule has 1 saturated heterocycles. The largest absolute Gasteiger partial charge is 0.392 e. The smallest absolute Gasteiger partial charge is 0.227 e. The Hall–Kier alpha value is -2.68. The summed E-state index contributed by atoms with van der Waals surface area (Å²) < 4.78 is 36.6. The maximum absolute atomic E-state index is 14.2. The van der Waals surface area contributed by atoms with Crippen LogP contribution in [0.1, 0.15) is 34.7 Å². The first kappa shape index (κ1) is 23.5. The van der Waals surface area contributed by atoms with Gasteiger partial charge in [0.1, 0.15) is 5.82 Å². The zero-order valence-corrected chi connectivity index (χ0v) is 19.1. The van der Waals surface area contributed by atoms with Gasteiger partial charge in [-0.2, -0.15) is 5.26 Å². The first-order chi connectivity index (χ1) is 15.6. The monoisotopic (exact) mass is 474 g/mol. The van der Waals surface area contributed by atoms with Gasteiger partial charge < -0.3 is 10.0 Å². The topological polar surface area (TPSA) is 120 Å². The Morgan fingerprint density at radius 3 is 2.85 bits per heavy atom. The van der Waals surface area contributed by atoms with E-state index in [9.17, 15) is 28.7 Å². The number of carbonyl (C=O) groups is 1. The summed E-state index contributed by atoms with van der Waals surface area (Å²) in [5, 5.41) is 19.2. The van der Waals surface area contributed by atoms with Gasteiger partial charge in [-0.25, -0.2) is 4.39 Å². The second-order valence-corrected chi connectivity index (χ2v) is 10.5. The van der Waals surface area contributed by atoms with Gasteiger partial charge in [0.25, 0.3) is 0 Å². The standard InChI is InChI=1S/C23H27FN4O4S/c1-27(23(30)9-15-2-3-17-14-33(31,32)26-21(17)8-15)22(13-28-5-4-20(29)12-28)18-6-16(11-25)7-19(24)10-18/h2-3,6-8,10,20,22,26,29,31-32H,4-5,9,12-14H2,1H3/t20-,22+/m0/s1. The molecule has 0 unspecified atom stereocenters.